The Kier molecular flexibility index (Phi) is 3.93. The maximum atomic E-state index is 5.93. The molecule has 1 rings (SSSR count). The van der Waals surface area contributed by atoms with Crippen LogP contribution in [0.3, 0.4) is 0 Å². The standard InChI is InChI=1S/C8H7Cl2IO/c1-12-6-2-5(4-9)8(11)7(10)3-6/h2-3H,4H2,1H3. The summed E-state index contributed by atoms with van der Waals surface area (Å²) in [6.07, 6.45) is 0. The third kappa shape index (κ3) is 2.18. The average Bonchev–Trinajstić information content (AvgIpc) is 2.09. The van der Waals surface area contributed by atoms with Crippen molar-refractivity contribution in [3.63, 3.8) is 0 Å². The second-order valence-electron chi connectivity index (χ2n) is 2.22. The summed E-state index contributed by atoms with van der Waals surface area (Å²) in [4.78, 5) is 0. The van der Waals surface area contributed by atoms with Crippen molar-refractivity contribution in [3.05, 3.63) is 26.3 Å². The van der Waals surface area contributed by atoms with Gasteiger partial charge in [-0.25, -0.2) is 0 Å². The normalized spacial score (nSPS) is 10.0. The van der Waals surface area contributed by atoms with Crippen LogP contribution < -0.4 is 4.74 Å². The summed E-state index contributed by atoms with van der Waals surface area (Å²) in [5.41, 5.74) is 1.00. The van der Waals surface area contributed by atoms with Gasteiger partial charge in [0.2, 0.25) is 0 Å². The monoisotopic (exact) mass is 316 g/mol. The maximum Gasteiger partial charge on any atom is 0.120 e. The third-order valence-electron chi connectivity index (χ3n) is 1.46. The second-order valence-corrected chi connectivity index (χ2v) is 3.97. The van der Waals surface area contributed by atoms with Gasteiger partial charge in [-0.2, -0.15) is 0 Å². The molecule has 12 heavy (non-hydrogen) atoms. The van der Waals surface area contributed by atoms with Crippen LogP contribution in [0, 0.1) is 3.57 Å². The molecule has 1 nitrogen and oxygen atoms in total. The molecule has 0 N–H and O–H groups in total. The first-order chi connectivity index (χ1) is 5.69. The van der Waals surface area contributed by atoms with Crippen molar-refractivity contribution in [1.29, 1.82) is 0 Å². The Balaban J connectivity index is 3.19. The number of benzene rings is 1. The van der Waals surface area contributed by atoms with E-state index in [2.05, 4.69) is 22.6 Å². The van der Waals surface area contributed by atoms with Crippen molar-refractivity contribution in [1.82, 2.24) is 0 Å². The molecule has 0 saturated heterocycles. The van der Waals surface area contributed by atoms with Gasteiger partial charge in [-0.15, -0.1) is 11.6 Å². The van der Waals surface area contributed by atoms with Crippen molar-refractivity contribution in [2.75, 3.05) is 7.11 Å². The Morgan fingerprint density at radius 3 is 2.67 bits per heavy atom. The Labute approximate surface area is 95.1 Å². The summed E-state index contributed by atoms with van der Waals surface area (Å²) in [7, 11) is 1.61. The van der Waals surface area contributed by atoms with E-state index in [0.29, 0.717) is 10.9 Å². The van der Waals surface area contributed by atoms with Crippen LogP contribution in [0.2, 0.25) is 5.02 Å². The van der Waals surface area contributed by atoms with Gasteiger partial charge in [0.1, 0.15) is 5.75 Å². The molecular formula is C8H7Cl2IO. The maximum absolute atomic E-state index is 5.93. The number of rotatable bonds is 2. The topological polar surface area (TPSA) is 9.23 Å². The molecule has 0 aliphatic heterocycles. The smallest absolute Gasteiger partial charge is 0.120 e. The molecule has 0 aromatic heterocycles. The number of hydrogen-bond acceptors (Lipinski definition) is 1. The van der Waals surface area contributed by atoms with Crippen LogP contribution in [0.15, 0.2) is 12.1 Å². The van der Waals surface area contributed by atoms with Crippen molar-refractivity contribution in [3.8, 4) is 5.75 Å². The molecule has 0 fully saturated rings. The molecule has 0 amide bonds. The Morgan fingerprint density at radius 2 is 2.17 bits per heavy atom. The zero-order valence-corrected chi connectivity index (χ0v) is 10.1. The van der Waals surface area contributed by atoms with E-state index in [0.717, 1.165) is 14.9 Å². The molecule has 0 radical (unpaired) electrons. The van der Waals surface area contributed by atoms with E-state index < -0.39 is 0 Å². The zero-order valence-electron chi connectivity index (χ0n) is 6.40. The van der Waals surface area contributed by atoms with Crippen LogP contribution >= 0.6 is 45.8 Å². The summed E-state index contributed by atoms with van der Waals surface area (Å²) in [5, 5.41) is 0.686. The highest BCUT2D eigenvalue weighted by atomic mass is 127. The number of ether oxygens (including phenoxy) is 1. The Bertz CT molecular complexity index is 289. The van der Waals surface area contributed by atoms with E-state index in [9.17, 15) is 0 Å². The molecule has 0 bridgehead atoms. The first-order valence-electron chi connectivity index (χ1n) is 3.27. The quantitative estimate of drug-likeness (QED) is 0.597. The van der Waals surface area contributed by atoms with Gasteiger partial charge < -0.3 is 4.74 Å². The van der Waals surface area contributed by atoms with Gasteiger partial charge in [0.15, 0.2) is 0 Å². The number of hydrogen-bond donors (Lipinski definition) is 0. The van der Waals surface area contributed by atoms with E-state index in [4.69, 9.17) is 27.9 Å². The molecule has 1 aromatic carbocycles. The second kappa shape index (κ2) is 4.53. The predicted molar refractivity (Wildman–Crippen MR) is 60.3 cm³/mol. The van der Waals surface area contributed by atoms with Crippen molar-refractivity contribution in [2.45, 2.75) is 5.88 Å². The first kappa shape index (κ1) is 10.4. The molecule has 0 aliphatic carbocycles. The summed E-state index contributed by atoms with van der Waals surface area (Å²) < 4.78 is 6.04. The minimum absolute atomic E-state index is 0.454. The minimum Gasteiger partial charge on any atom is -0.497 e. The van der Waals surface area contributed by atoms with E-state index in [1.165, 1.54) is 0 Å². The Morgan fingerprint density at radius 1 is 1.50 bits per heavy atom. The van der Waals surface area contributed by atoms with Crippen LogP contribution in [-0.2, 0) is 5.88 Å². The van der Waals surface area contributed by atoms with Crippen molar-refractivity contribution >= 4 is 45.8 Å². The van der Waals surface area contributed by atoms with Crippen LogP contribution in [0.4, 0.5) is 0 Å². The average molecular weight is 317 g/mol. The lowest BCUT2D eigenvalue weighted by molar-refractivity contribution is 0.414. The fourth-order valence-corrected chi connectivity index (χ4v) is 2.00. The van der Waals surface area contributed by atoms with Gasteiger partial charge in [0.25, 0.3) is 0 Å². The SMILES string of the molecule is COc1cc(Cl)c(I)c(CCl)c1. The largest absolute Gasteiger partial charge is 0.497 e. The molecule has 0 saturated carbocycles. The molecule has 66 valence electrons. The van der Waals surface area contributed by atoms with Gasteiger partial charge in [-0.05, 0) is 40.3 Å². The van der Waals surface area contributed by atoms with E-state index in [1.54, 1.807) is 13.2 Å². The number of halogens is 3. The molecule has 0 unspecified atom stereocenters. The highest BCUT2D eigenvalue weighted by Crippen LogP contribution is 2.28. The fraction of sp³-hybridized carbons (Fsp3) is 0.250. The summed E-state index contributed by atoms with van der Waals surface area (Å²) in [6, 6.07) is 3.67. The van der Waals surface area contributed by atoms with Crippen molar-refractivity contribution in [2.24, 2.45) is 0 Å². The van der Waals surface area contributed by atoms with Gasteiger partial charge in [-0.3, -0.25) is 0 Å². The van der Waals surface area contributed by atoms with Gasteiger partial charge in [-0.1, -0.05) is 11.6 Å². The predicted octanol–water partition coefficient (Wildman–Crippen LogP) is 3.69. The number of methoxy groups -OCH3 is 1. The molecule has 0 atom stereocenters. The van der Waals surface area contributed by atoms with Crippen LogP contribution in [0.5, 0.6) is 5.75 Å². The molecule has 4 heteroatoms. The van der Waals surface area contributed by atoms with Crippen LogP contribution in [0.25, 0.3) is 0 Å². The molecule has 1 aromatic rings. The zero-order chi connectivity index (χ0) is 9.14. The van der Waals surface area contributed by atoms with Gasteiger partial charge in [0.05, 0.1) is 12.1 Å². The summed E-state index contributed by atoms with van der Waals surface area (Å²) >= 11 is 13.8. The van der Waals surface area contributed by atoms with E-state index in [-0.39, 0.29) is 0 Å². The van der Waals surface area contributed by atoms with Gasteiger partial charge >= 0.3 is 0 Å². The molecule has 0 aliphatic rings. The minimum atomic E-state index is 0.454. The first-order valence-corrected chi connectivity index (χ1v) is 5.26. The fourth-order valence-electron chi connectivity index (χ4n) is 0.833. The lowest BCUT2D eigenvalue weighted by Gasteiger charge is -2.06. The third-order valence-corrected chi connectivity index (χ3v) is 3.64. The molecule has 0 spiro atoms. The van der Waals surface area contributed by atoms with Crippen LogP contribution in [-0.4, -0.2) is 7.11 Å². The van der Waals surface area contributed by atoms with E-state index >= 15 is 0 Å². The highest BCUT2D eigenvalue weighted by Gasteiger charge is 2.05. The van der Waals surface area contributed by atoms with Crippen molar-refractivity contribution < 1.29 is 4.74 Å². The van der Waals surface area contributed by atoms with E-state index in [1.807, 2.05) is 6.07 Å². The van der Waals surface area contributed by atoms with Crippen LogP contribution in [0.1, 0.15) is 5.56 Å². The lowest BCUT2D eigenvalue weighted by atomic mass is 10.2. The number of alkyl halides is 1. The highest BCUT2D eigenvalue weighted by molar-refractivity contribution is 14.1. The molecular weight excluding hydrogens is 310 g/mol. The van der Waals surface area contributed by atoms with Gasteiger partial charge in [0, 0.05) is 9.45 Å². The lowest BCUT2D eigenvalue weighted by Crippen LogP contribution is -1.89. The summed E-state index contributed by atoms with van der Waals surface area (Å²) in [6.45, 7) is 0. The molecule has 0 heterocycles. The Hall–Kier alpha value is 0.330. The summed E-state index contributed by atoms with van der Waals surface area (Å²) in [5.74, 6) is 1.20.